The van der Waals surface area contributed by atoms with Crippen LogP contribution < -0.4 is 4.74 Å². The Hall–Kier alpha value is -2.07. The summed E-state index contributed by atoms with van der Waals surface area (Å²) in [5.74, 6) is 0.953. The molecule has 1 atom stereocenters. The number of methoxy groups -OCH3 is 1. The lowest BCUT2D eigenvalue weighted by Crippen LogP contribution is -2.33. The van der Waals surface area contributed by atoms with Gasteiger partial charge in [0.15, 0.2) is 0 Å². The van der Waals surface area contributed by atoms with Crippen LogP contribution in [0.3, 0.4) is 0 Å². The molecule has 126 valence electrons. The molecule has 1 unspecified atom stereocenters. The molecule has 0 N–H and O–H groups in total. The molecule has 1 aromatic heterocycles. The fourth-order valence-corrected chi connectivity index (χ4v) is 3.80. The van der Waals surface area contributed by atoms with Gasteiger partial charge in [0.05, 0.1) is 13.2 Å². The molecule has 0 bridgehead atoms. The Balaban J connectivity index is 1.79. The summed E-state index contributed by atoms with van der Waals surface area (Å²) in [6, 6.07) is 12.3. The highest BCUT2D eigenvalue weighted by Gasteiger charge is 2.25. The van der Waals surface area contributed by atoms with Crippen molar-refractivity contribution in [3.05, 3.63) is 58.3 Å². The fraction of sp³-hybridized carbons (Fsp3) is 0.350. The van der Waals surface area contributed by atoms with Gasteiger partial charge in [-0.1, -0.05) is 31.0 Å². The van der Waals surface area contributed by atoms with Crippen LogP contribution in [-0.2, 0) is 4.79 Å². The topological polar surface area (TPSA) is 29.5 Å². The molecule has 24 heavy (non-hydrogen) atoms. The van der Waals surface area contributed by atoms with Crippen LogP contribution in [0.1, 0.15) is 42.2 Å². The molecular weight excluding hydrogens is 318 g/mol. The lowest BCUT2D eigenvalue weighted by Gasteiger charge is -2.29. The van der Waals surface area contributed by atoms with E-state index in [1.54, 1.807) is 24.5 Å². The molecular formula is C20H23NO2S. The number of benzene rings is 1. The molecule has 0 aliphatic carbocycles. The lowest BCUT2D eigenvalue weighted by atomic mass is 10.0. The maximum Gasteiger partial charge on any atom is 0.247 e. The van der Waals surface area contributed by atoms with E-state index in [9.17, 15) is 4.79 Å². The number of carbonyl (C=O) groups is 1. The third-order valence-corrected chi connectivity index (χ3v) is 5.31. The largest absolute Gasteiger partial charge is 0.497 e. The van der Waals surface area contributed by atoms with Crippen LogP contribution in [0.15, 0.2) is 47.9 Å². The maximum atomic E-state index is 12.8. The van der Waals surface area contributed by atoms with Gasteiger partial charge in [0, 0.05) is 17.5 Å². The SMILES string of the molecule is COc1ccc(C2CCCCCN2C(=O)C=Cc2cccs2)cc1. The summed E-state index contributed by atoms with van der Waals surface area (Å²) in [6.45, 7) is 0.824. The zero-order valence-electron chi connectivity index (χ0n) is 14.0. The minimum atomic E-state index is 0.103. The van der Waals surface area contributed by atoms with E-state index in [2.05, 4.69) is 12.1 Å². The number of hydrogen-bond donors (Lipinski definition) is 0. The van der Waals surface area contributed by atoms with Gasteiger partial charge in [-0.2, -0.15) is 0 Å². The Labute approximate surface area is 147 Å². The number of likely N-dealkylation sites (tertiary alicyclic amines) is 1. The fourth-order valence-electron chi connectivity index (χ4n) is 3.18. The van der Waals surface area contributed by atoms with Crippen LogP contribution in [0.4, 0.5) is 0 Å². The number of amides is 1. The quantitative estimate of drug-likeness (QED) is 0.739. The monoisotopic (exact) mass is 341 g/mol. The number of ether oxygens (including phenoxy) is 1. The second-order valence-electron chi connectivity index (χ2n) is 6.02. The van der Waals surface area contributed by atoms with Crippen LogP contribution in [-0.4, -0.2) is 24.5 Å². The van der Waals surface area contributed by atoms with Crippen molar-refractivity contribution in [2.45, 2.75) is 31.7 Å². The van der Waals surface area contributed by atoms with Crippen molar-refractivity contribution >= 4 is 23.3 Å². The van der Waals surface area contributed by atoms with Crippen LogP contribution in [0.2, 0.25) is 0 Å². The summed E-state index contributed by atoms with van der Waals surface area (Å²) >= 11 is 1.65. The van der Waals surface area contributed by atoms with E-state index in [0.29, 0.717) is 0 Å². The summed E-state index contributed by atoms with van der Waals surface area (Å²) in [4.78, 5) is 15.9. The zero-order chi connectivity index (χ0) is 16.8. The van der Waals surface area contributed by atoms with Crippen LogP contribution in [0, 0.1) is 0 Å². The first-order valence-corrected chi connectivity index (χ1v) is 9.32. The van der Waals surface area contributed by atoms with Crippen molar-refractivity contribution in [2.75, 3.05) is 13.7 Å². The normalized spacial score (nSPS) is 18.5. The highest BCUT2D eigenvalue weighted by atomic mass is 32.1. The third-order valence-electron chi connectivity index (χ3n) is 4.47. The molecule has 0 saturated carbocycles. The minimum absolute atomic E-state index is 0.103. The summed E-state index contributed by atoms with van der Waals surface area (Å²) in [7, 11) is 1.67. The van der Waals surface area contributed by atoms with E-state index in [1.165, 1.54) is 12.0 Å². The average Bonchev–Trinajstić information content (AvgIpc) is 3.02. The highest BCUT2D eigenvalue weighted by Crippen LogP contribution is 2.31. The van der Waals surface area contributed by atoms with Gasteiger partial charge in [-0.25, -0.2) is 0 Å². The first-order valence-electron chi connectivity index (χ1n) is 8.44. The highest BCUT2D eigenvalue weighted by molar-refractivity contribution is 7.10. The smallest absolute Gasteiger partial charge is 0.247 e. The molecule has 0 radical (unpaired) electrons. The molecule has 0 spiro atoms. The van der Waals surface area contributed by atoms with Crippen molar-refractivity contribution < 1.29 is 9.53 Å². The van der Waals surface area contributed by atoms with E-state index < -0.39 is 0 Å². The third kappa shape index (κ3) is 4.06. The molecule has 1 saturated heterocycles. The van der Waals surface area contributed by atoms with Gasteiger partial charge in [-0.15, -0.1) is 11.3 Å². The first-order chi connectivity index (χ1) is 11.8. The number of hydrogen-bond acceptors (Lipinski definition) is 3. The minimum Gasteiger partial charge on any atom is -0.497 e. The number of thiophene rings is 1. The predicted octanol–water partition coefficient (Wildman–Crippen LogP) is 4.91. The lowest BCUT2D eigenvalue weighted by molar-refractivity contribution is -0.128. The standard InChI is InChI=1S/C20H23NO2S/c1-23-17-10-8-16(9-11-17)19-7-3-2-4-14-21(19)20(22)13-12-18-6-5-15-24-18/h5-6,8-13,15,19H,2-4,7,14H2,1H3. The summed E-state index contributed by atoms with van der Waals surface area (Å²) in [5, 5.41) is 2.02. The van der Waals surface area contributed by atoms with Crippen molar-refractivity contribution in [1.82, 2.24) is 4.90 Å². The van der Waals surface area contributed by atoms with Crippen LogP contribution in [0.25, 0.3) is 6.08 Å². The van der Waals surface area contributed by atoms with Gasteiger partial charge >= 0.3 is 0 Å². The number of nitrogens with zero attached hydrogens (tertiary/aromatic N) is 1. The van der Waals surface area contributed by atoms with E-state index in [4.69, 9.17) is 4.74 Å². The predicted molar refractivity (Wildman–Crippen MR) is 99.3 cm³/mol. The van der Waals surface area contributed by atoms with Gasteiger partial charge < -0.3 is 9.64 Å². The van der Waals surface area contributed by atoms with E-state index in [-0.39, 0.29) is 11.9 Å². The first kappa shape index (κ1) is 16.8. The summed E-state index contributed by atoms with van der Waals surface area (Å²) in [6.07, 6.45) is 8.08. The molecule has 1 aromatic carbocycles. The second-order valence-corrected chi connectivity index (χ2v) is 7.00. The van der Waals surface area contributed by atoms with Gasteiger partial charge in [-0.3, -0.25) is 4.79 Å². The molecule has 1 fully saturated rings. The molecule has 1 aliphatic heterocycles. The average molecular weight is 341 g/mol. The summed E-state index contributed by atoms with van der Waals surface area (Å²) in [5.41, 5.74) is 1.19. The zero-order valence-corrected chi connectivity index (χ0v) is 14.8. The Morgan fingerprint density at radius 3 is 2.75 bits per heavy atom. The van der Waals surface area contributed by atoms with E-state index >= 15 is 0 Å². The van der Waals surface area contributed by atoms with E-state index in [0.717, 1.165) is 36.4 Å². The van der Waals surface area contributed by atoms with Gasteiger partial charge in [-0.05, 0) is 48.1 Å². The maximum absolute atomic E-state index is 12.8. The summed E-state index contributed by atoms with van der Waals surface area (Å²) < 4.78 is 5.24. The Bertz CT molecular complexity index is 676. The Morgan fingerprint density at radius 2 is 2.04 bits per heavy atom. The molecule has 1 aliphatic rings. The van der Waals surface area contributed by atoms with Crippen molar-refractivity contribution in [2.24, 2.45) is 0 Å². The van der Waals surface area contributed by atoms with E-state index in [1.807, 2.05) is 40.6 Å². The molecule has 2 aromatic rings. The molecule has 3 nitrogen and oxygen atoms in total. The molecule has 3 rings (SSSR count). The Kier molecular flexibility index (Phi) is 5.70. The van der Waals surface area contributed by atoms with Crippen molar-refractivity contribution in [1.29, 1.82) is 0 Å². The molecule has 4 heteroatoms. The number of rotatable bonds is 4. The number of carbonyl (C=O) groups excluding carboxylic acids is 1. The molecule has 1 amide bonds. The van der Waals surface area contributed by atoms with Crippen LogP contribution >= 0.6 is 11.3 Å². The molecule has 2 heterocycles. The van der Waals surface area contributed by atoms with Gasteiger partial charge in [0.1, 0.15) is 5.75 Å². The van der Waals surface area contributed by atoms with Gasteiger partial charge in [0.2, 0.25) is 5.91 Å². The second kappa shape index (κ2) is 8.15. The van der Waals surface area contributed by atoms with Crippen LogP contribution in [0.5, 0.6) is 5.75 Å². The van der Waals surface area contributed by atoms with Crippen molar-refractivity contribution in [3.8, 4) is 5.75 Å². The Morgan fingerprint density at radius 1 is 1.21 bits per heavy atom. The van der Waals surface area contributed by atoms with Gasteiger partial charge in [0.25, 0.3) is 0 Å². The van der Waals surface area contributed by atoms with Crippen molar-refractivity contribution in [3.63, 3.8) is 0 Å².